The van der Waals surface area contributed by atoms with Gasteiger partial charge in [-0.15, -0.1) is 0 Å². The highest BCUT2D eigenvalue weighted by Crippen LogP contribution is 2.25. The van der Waals surface area contributed by atoms with Crippen LogP contribution in [0.4, 0.5) is 11.4 Å². The second kappa shape index (κ2) is 5.39. The van der Waals surface area contributed by atoms with Crippen molar-refractivity contribution in [3.05, 3.63) is 47.8 Å². The number of carbonyl (C=O) groups is 1. The minimum atomic E-state index is -0.272. The SMILES string of the molecule is COc1cccc(C(=O)Nc2ccncc2C)c1N. The Hall–Kier alpha value is -2.56. The van der Waals surface area contributed by atoms with Crippen LogP contribution in [0.1, 0.15) is 15.9 Å². The van der Waals surface area contributed by atoms with Crippen LogP contribution in [0.15, 0.2) is 36.7 Å². The third kappa shape index (κ3) is 2.65. The van der Waals surface area contributed by atoms with Crippen LogP contribution in [0.2, 0.25) is 0 Å². The topological polar surface area (TPSA) is 77.2 Å². The van der Waals surface area contributed by atoms with Gasteiger partial charge in [0.2, 0.25) is 0 Å². The average molecular weight is 257 g/mol. The van der Waals surface area contributed by atoms with Gasteiger partial charge in [-0.1, -0.05) is 6.07 Å². The van der Waals surface area contributed by atoms with Crippen LogP contribution >= 0.6 is 0 Å². The lowest BCUT2D eigenvalue weighted by atomic mass is 10.1. The van der Waals surface area contributed by atoms with E-state index in [1.54, 1.807) is 36.7 Å². The van der Waals surface area contributed by atoms with Gasteiger partial charge >= 0.3 is 0 Å². The summed E-state index contributed by atoms with van der Waals surface area (Å²) in [6.45, 7) is 1.87. The highest BCUT2D eigenvalue weighted by molar-refractivity contribution is 6.08. The summed E-state index contributed by atoms with van der Waals surface area (Å²) in [7, 11) is 1.51. The molecular formula is C14H15N3O2. The quantitative estimate of drug-likeness (QED) is 0.827. The summed E-state index contributed by atoms with van der Waals surface area (Å²) in [4.78, 5) is 16.2. The lowest BCUT2D eigenvalue weighted by molar-refractivity contribution is 0.102. The Balaban J connectivity index is 2.28. The van der Waals surface area contributed by atoms with Crippen molar-refractivity contribution in [1.82, 2.24) is 4.98 Å². The number of hydrogen-bond acceptors (Lipinski definition) is 4. The van der Waals surface area contributed by atoms with Gasteiger partial charge in [0.25, 0.3) is 5.91 Å². The Kier molecular flexibility index (Phi) is 3.66. The molecule has 2 rings (SSSR count). The van der Waals surface area contributed by atoms with E-state index < -0.39 is 0 Å². The van der Waals surface area contributed by atoms with Gasteiger partial charge < -0.3 is 15.8 Å². The van der Waals surface area contributed by atoms with E-state index in [2.05, 4.69) is 10.3 Å². The number of rotatable bonds is 3. The fourth-order valence-corrected chi connectivity index (χ4v) is 1.72. The number of methoxy groups -OCH3 is 1. The van der Waals surface area contributed by atoms with E-state index in [4.69, 9.17) is 10.5 Å². The molecule has 0 aliphatic rings. The molecule has 0 saturated carbocycles. The molecule has 0 radical (unpaired) electrons. The number of nitrogens with zero attached hydrogens (tertiary/aromatic N) is 1. The number of para-hydroxylation sites is 1. The molecule has 0 atom stereocenters. The maximum Gasteiger partial charge on any atom is 0.257 e. The molecular weight excluding hydrogens is 242 g/mol. The van der Waals surface area contributed by atoms with Crippen molar-refractivity contribution in [2.45, 2.75) is 6.92 Å². The standard InChI is InChI=1S/C14H15N3O2/c1-9-8-16-7-6-11(9)17-14(18)10-4-3-5-12(19-2)13(10)15/h3-8H,15H2,1-2H3,(H,16,17,18). The summed E-state index contributed by atoms with van der Waals surface area (Å²) in [5.41, 5.74) is 8.20. The van der Waals surface area contributed by atoms with E-state index in [9.17, 15) is 4.79 Å². The first-order chi connectivity index (χ1) is 9.13. The van der Waals surface area contributed by atoms with Gasteiger partial charge in [-0.25, -0.2) is 0 Å². The molecule has 1 amide bonds. The zero-order valence-electron chi connectivity index (χ0n) is 10.8. The zero-order chi connectivity index (χ0) is 13.8. The Morgan fingerprint density at radius 3 is 2.84 bits per heavy atom. The minimum Gasteiger partial charge on any atom is -0.495 e. The second-order valence-electron chi connectivity index (χ2n) is 4.07. The number of benzene rings is 1. The predicted octanol–water partition coefficient (Wildman–Crippen LogP) is 2.23. The van der Waals surface area contributed by atoms with Crippen LogP contribution in [-0.4, -0.2) is 18.0 Å². The Bertz CT molecular complexity index is 611. The van der Waals surface area contributed by atoms with E-state index in [0.717, 1.165) is 5.56 Å². The van der Waals surface area contributed by atoms with Crippen LogP contribution in [0.5, 0.6) is 5.75 Å². The van der Waals surface area contributed by atoms with Crippen LogP contribution in [0.3, 0.4) is 0 Å². The first kappa shape index (κ1) is 12.9. The number of anilines is 2. The Morgan fingerprint density at radius 2 is 2.16 bits per heavy atom. The number of pyridine rings is 1. The minimum absolute atomic E-state index is 0.272. The number of nitrogens with two attached hydrogens (primary N) is 1. The van der Waals surface area contributed by atoms with Crippen molar-refractivity contribution >= 4 is 17.3 Å². The first-order valence-corrected chi connectivity index (χ1v) is 5.78. The molecule has 19 heavy (non-hydrogen) atoms. The smallest absolute Gasteiger partial charge is 0.257 e. The van der Waals surface area contributed by atoms with Gasteiger partial charge in [-0.3, -0.25) is 9.78 Å². The normalized spacial score (nSPS) is 10.0. The van der Waals surface area contributed by atoms with E-state index >= 15 is 0 Å². The van der Waals surface area contributed by atoms with Crippen molar-refractivity contribution in [3.63, 3.8) is 0 Å². The third-order valence-corrected chi connectivity index (χ3v) is 2.80. The van der Waals surface area contributed by atoms with Crippen molar-refractivity contribution in [2.24, 2.45) is 0 Å². The molecule has 98 valence electrons. The number of aryl methyl sites for hydroxylation is 1. The van der Waals surface area contributed by atoms with Crippen LogP contribution in [0.25, 0.3) is 0 Å². The lowest BCUT2D eigenvalue weighted by Gasteiger charge is -2.11. The highest BCUT2D eigenvalue weighted by atomic mass is 16.5. The van der Waals surface area contributed by atoms with Crippen LogP contribution in [-0.2, 0) is 0 Å². The summed E-state index contributed by atoms with van der Waals surface area (Å²) in [6.07, 6.45) is 3.31. The molecule has 2 aromatic rings. The molecule has 0 saturated heterocycles. The summed E-state index contributed by atoms with van der Waals surface area (Å²) in [6, 6.07) is 6.83. The molecule has 1 aromatic heterocycles. The fourth-order valence-electron chi connectivity index (χ4n) is 1.72. The molecule has 0 aliphatic heterocycles. The van der Waals surface area contributed by atoms with Gasteiger partial charge in [0.15, 0.2) is 0 Å². The van der Waals surface area contributed by atoms with E-state index in [-0.39, 0.29) is 5.91 Å². The van der Waals surface area contributed by atoms with Gasteiger partial charge in [0, 0.05) is 18.1 Å². The van der Waals surface area contributed by atoms with Crippen molar-refractivity contribution in [3.8, 4) is 5.75 Å². The number of nitrogen functional groups attached to an aromatic ring is 1. The highest BCUT2D eigenvalue weighted by Gasteiger charge is 2.13. The van der Waals surface area contributed by atoms with E-state index in [1.807, 2.05) is 6.92 Å². The first-order valence-electron chi connectivity index (χ1n) is 5.78. The lowest BCUT2D eigenvalue weighted by Crippen LogP contribution is -2.15. The molecule has 5 heteroatoms. The summed E-state index contributed by atoms with van der Waals surface area (Å²) in [5.74, 6) is 0.213. The van der Waals surface area contributed by atoms with Gasteiger partial charge in [0.1, 0.15) is 5.75 Å². The summed E-state index contributed by atoms with van der Waals surface area (Å²) >= 11 is 0. The van der Waals surface area contributed by atoms with Gasteiger partial charge in [0.05, 0.1) is 18.4 Å². The van der Waals surface area contributed by atoms with Gasteiger partial charge in [-0.2, -0.15) is 0 Å². The predicted molar refractivity (Wildman–Crippen MR) is 74.3 cm³/mol. The summed E-state index contributed by atoms with van der Waals surface area (Å²) in [5, 5.41) is 2.80. The maximum absolute atomic E-state index is 12.2. The molecule has 0 fully saturated rings. The number of aromatic nitrogens is 1. The molecule has 3 N–H and O–H groups in total. The fraction of sp³-hybridized carbons (Fsp3) is 0.143. The molecule has 1 aromatic carbocycles. The average Bonchev–Trinajstić information content (AvgIpc) is 2.41. The van der Waals surface area contributed by atoms with Crippen molar-refractivity contribution in [1.29, 1.82) is 0 Å². The Labute approximate surface area is 111 Å². The van der Waals surface area contributed by atoms with Crippen LogP contribution in [0, 0.1) is 6.92 Å². The maximum atomic E-state index is 12.2. The third-order valence-electron chi connectivity index (χ3n) is 2.80. The molecule has 0 spiro atoms. The van der Waals surface area contributed by atoms with Gasteiger partial charge in [-0.05, 0) is 30.7 Å². The number of hydrogen-bond donors (Lipinski definition) is 2. The monoisotopic (exact) mass is 257 g/mol. The molecule has 0 unspecified atom stereocenters. The molecule has 1 heterocycles. The van der Waals surface area contributed by atoms with E-state index in [0.29, 0.717) is 22.7 Å². The second-order valence-corrected chi connectivity index (χ2v) is 4.07. The van der Waals surface area contributed by atoms with Crippen molar-refractivity contribution in [2.75, 3.05) is 18.2 Å². The largest absolute Gasteiger partial charge is 0.495 e. The van der Waals surface area contributed by atoms with Crippen LogP contribution < -0.4 is 15.8 Å². The molecule has 0 aliphatic carbocycles. The summed E-state index contributed by atoms with van der Waals surface area (Å²) < 4.78 is 5.09. The number of ether oxygens (including phenoxy) is 1. The molecule has 0 bridgehead atoms. The molecule has 5 nitrogen and oxygen atoms in total. The number of carbonyl (C=O) groups excluding carboxylic acids is 1. The zero-order valence-corrected chi connectivity index (χ0v) is 10.8. The number of amides is 1. The van der Waals surface area contributed by atoms with Crippen molar-refractivity contribution < 1.29 is 9.53 Å². The van der Waals surface area contributed by atoms with E-state index in [1.165, 1.54) is 7.11 Å². The Morgan fingerprint density at radius 1 is 1.37 bits per heavy atom. The number of nitrogens with one attached hydrogen (secondary N) is 1.